The zero-order valence-electron chi connectivity index (χ0n) is 23.0. The van der Waals surface area contributed by atoms with Crippen molar-refractivity contribution in [3.8, 4) is 22.6 Å². The van der Waals surface area contributed by atoms with Crippen LogP contribution in [-0.2, 0) is 4.74 Å². The van der Waals surface area contributed by atoms with Crippen molar-refractivity contribution in [2.45, 2.75) is 39.4 Å². The van der Waals surface area contributed by atoms with Crippen LogP contribution >= 0.6 is 23.2 Å². The molecule has 4 rings (SSSR count). The van der Waals surface area contributed by atoms with Gasteiger partial charge >= 0.3 is 6.09 Å². The number of rotatable bonds is 6. The molecule has 0 aliphatic carbocycles. The molecule has 0 bridgehead atoms. The average molecular weight is 592 g/mol. The lowest BCUT2D eigenvalue weighted by Gasteiger charge is -2.37. The molecule has 12 heteroatoms. The van der Waals surface area contributed by atoms with Gasteiger partial charge in [-0.15, -0.1) is 0 Å². The molecule has 1 aliphatic rings. The first kappa shape index (κ1) is 29.5. The number of nitrogens with two attached hydrogens (primary N) is 1. The number of nitrogens with zero attached hydrogens (tertiary/aromatic N) is 4. The Labute approximate surface area is 242 Å². The molecule has 40 heavy (non-hydrogen) atoms. The monoisotopic (exact) mass is 591 g/mol. The number of hydrogen-bond donors (Lipinski definition) is 1. The number of anilines is 2. The molecule has 3 aromatic rings. The summed E-state index contributed by atoms with van der Waals surface area (Å²) >= 11 is 12.4. The Balaban J connectivity index is 1.58. The lowest BCUT2D eigenvalue weighted by Crippen LogP contribution is -2.50. The predicted octanol–water partition coefficient (Wildman–Crippen LogP) is 6.38. The van der Waals surface area contributed by atoms with Gasteiger partial charge in [0.25, 0.3) is 0 Å². The van der Waals surface area contributed by atoms with Gasteiger partial charge in [0.15, 0.2) is 17.3 Å². The largest absolute Gasteiger partial charge is 0.494 e. The first-order valence-electron chi connectivity index (χ1n) is 12.7. The first-order valence-corrected chi connectivity index (χ1v) is 13.5. The van der Waals surface area contributed by atoms with Crippen LogP contribution in [-0.4, -0.2) is 59.9 Å². The van der Waals surface area contributed by atoms with Crippen LogP contribution in [0.1, 0.15) is 39.4 Å². The number of aromatic nitrogens is 2. The molecule has 1 aromatic carbocycles. The second-order valence-corrected chi connectivity index (χ2v) is 11.1. The average Bonchev–Trinajstić information content (AvgIpc) is 2.91. The molecule has 1 atom stereocenters. The van der Waals surface area contributed by atoms with Crippen LogP contribution in [0.25, 0.3) is 11.1 Å². The van der Waals surface area contributed by atoms with E-state index in [0.717, 1.165) is 5.69 Å². The Hall–Kier alpha value is -3.50. The molecule has 1 aliphatic heterocycles. The number of halogens is 3. The summed E-state index contributed by atoms with van der Waals surface area (Å²) in [5.74, 6) is 0.388. The Morgan fingerprint density at radius 3 is 2.48 bits per heavy atom. The van der Waals surface area contributed by atoms with Crippen molar-refractivity contribution >= 4 is 40.8 Å². The van der Waals surface area contributed by atoms with E-state index in [1.807, 2.05) is 20.8 Å². The molecule has 1 saturated heterocycles. The summed E-state index contributed by atoms with van der Waals surface area (Å²) in [6, 6.07) is 4.33. The maximum absolute atomic E-state index is 14.1. The third-order valence-corrected chi connectivity index (χ3v) is 7.05. The summed E-state index contributed by atoms with van der Waals surface area (Å²) in [6.45, 7) is 9.36. The lowest BCUT2D eigenvalue weighted by atomic mass is 10.1. The summed E-state index contributed by atoms with van der Waals surface area (Å²) in [5, 5.41) is 0.153. The van der Waals surface area contributed by atoms with E-state index in [1.54, 1.807) is 43.6 Å². The zero-order chi connectivity index (χ0) is 29.2. The first-order chi connectivity index (χ1) is 18.9. The number of amides is 1. The highest BCUT2D eigenvalue weighted by molar-refractivity contribution is 6.36. The Morgan fingerprint density at radius 2 is 1.82 bits per heavy atom. The SMILES string of the molecule is COc1c(-c2cnc(N)c(O[C@H](C)c3c(Cl)ccc(F)c3Cl)c2)cncc1N1CCN(C(=O)OC(C)(C)C)CC1. The van der Waals surface area contributed by atoms with Crippen molar-refractivity contribution in [2.24, 2.45) is 0 Å². The van der Waals surface area contributed by atoms with E-state index in [9.17, 15) is 9.18 Å². The number of ether oxygens (including phenoxy) is 3. The second kappa shape index (κ2) is 11.9. The Kier molecular flexibility index (Phi) is 8.80. The van der Waals surface area contributed by atoms with Gasteiger partial charge in [-0.3, -0.25) is 4.98 Å². The molecule has 2 aromatic heterocycles. The number of pyridine rings is 2. The molecule has 0 radical (unpaired) electrons. The maximum Gasteiger partial charge on any atom is 0.410 e. The van der Waals surface area contributed by atoms with E-state index in [4.69, 9.17) is 43.1 Å². The Bertz CT molecular complexity index is 1390. The summed E-state index contributed by atoms with van der Waals surface area (Å²) in [4.78, 5) is 25.0. The number of carbonyl (C=O) groups is 1. The highest BCUT2D eigenvalue weighted by Gasteiger charge is 2.28. The third kappa shape index (κ3) is 6.45. The zero-order valence-corrected chi connectivity index (χ0v) is 24.5. The van der Waals surface area contributed by atoms with E-state index in [2.05, 4.69) is 14.9 Å². The fourth-order valence-corrected chi connectivity index (χ4v) is 5.08. The van der Waals surface area contributed by atoms with E-state index >= 15 is 0 Å². The number of piperazine rings is 1. The van der Waals surface area contributed by atoms with Gasteiger partial charge in [0.1, 0.15) is 17.5 Å². The number of nitrogen functional groups attached to an aromatic ring is 1. The molecule has 0 saturated carbocycles. The molecule has 0 spiro atoms. The van der Waals surface area contributed by atoms with Gasteiger partial charge in [-0.25, -0.2) is 14.2 Å². The molecule has 3 heterocycles. The van der Waals surface area contributed by atoms with Crippen molar-refractivity contribution in [3.63, 3.8) is 0 Å². The van der Waals surface area contributed by atoms with E-state index < -0.39 is 17.5 Å². The van der Waals surface area contributed by atoms with Crippen LogP contribution in [0.3, 0.4) is 0 Å². The number of carbonyl (C=O) groups excluding carboxylic acids is 1. The van der Waals surface area contributed by atoms with Crippen LogP contribution in [0.15, 0.2) is 36.8 Å². The Morgan fingerprint density at radius 1 is 1.12 bits per heavy atom. The van der Waals surface area contributed by atoms with Crippen LogP contribution in [0.4, 0.5) is 20.7 Å². The highest BCUT2D eigenvalue weighted by Crippen LogP contribution is 2.41. The molecular formula is C28H32Cl2FN5O4. The van der Waals surface area contributed by atoms with Crippen LogP contribution < -0.4 is 20.1 Å². The predicted molar refractivity (Wildman–Crippen MR) is 154 cm³/mol. The fraction of sp³-hybridized carbons (Fsp3) is 0.393. The molecule has 9 nitrogen and oxygen atoms in total. The van der Waals surface area contributed by atoms with Gasteiger partial charge in [0, 0.05) is 60.3 Å². The second-order valence-electron chi connectivity index (χ2n) is 10.3. The van der Waals surface area contributed by atoms with Crippen LogP contribution in [0, 0.1) is 5.82 Å². The quantitative estimate of drug-likeness (QED) is 0.329. The van der Waals surface area contributed by atoms with Gasteiger partial charge in [-0.05, 0) is 45.9 Å². The van der Waals surface area contributed by atoms with Gasteiger partial charge in [-0.2, -0.15) is 0 Å². The number of methoxy groups -OCH3 is 1. The van der Waals surface area contributed by atoms with Crippen molar-refractivity contribution in [2.75, 3.05) is 43.9 Å². The van der Waals surface area contributed by atoms with Crippen molar-refractivity contribution in [1.82, 2.24) is 14.9 Å². The molecule has 2 N–H and O–H groups in total. The van der Waals surface area contributed by atoms with Crippen LogP contribution in [0.5, 0.6) is 11.5 Å². The highest BCUT2D eigenvalue weighted by atomic mass is 35.5. The summed E-state index contributed by atoms with van der Waals surface area (Å²) < 4.78 is 31.5. The summed E-state index contributed by atoms with van der Waals surface area (Å²) in [7, 11) is 1.58. The minimum atomic E-state index is -0.720. The molecule has 1 amide bonds. The van der Waals surface area contributed by atoms with E-state index in [0.29, 0.717) is 48.6 Å². The van der Waals surface area contributed by atoms with Gasteiger partial charge in [0.2, 0.25) is 0 Å². The summed E-state index contributed by atoms with van der Waals surface area (Å²) in [5.41, 5.74) is 7.95. The normalized spacial score (nSPS) is 14.6. The molecule has 0 unspecified atom stereocenters. The van der Waals surface area contributed by atoms with Crippen LogP contribution in [0.2, 0.25) is 10.0 Å². The smallest absolute Gasteiger partial charge is 0.410 e. The third-order valence-electron chi connectivity index (χ3n) is 6.34. The molecular weight excluding hydrogens is 560 g/mol. The minimum absolute atomic E-state index is 0.118. The van der Waals surface area contributed by atoms with Crippen molar-refractivity contribution in [3.05, 3.63) is 58.2 Å². The standard InChI is InChI=1S/C28H32Cl2FN5O4/c1-16(23-19(29)6-7-20(31)24(23)30)39-22-12-17(13-34-26(22)32)18-14-33-15-21(25(18)38-5)35-8-10-36(11-9-35)27(37)40-28(2,3)4/h6-7,12-16H,8-11H2,1-5H3,(H2,32,34)/t16-/m1/s1. The van der Waals surface area contributed by atoms with Gasteiger partial charge in [0.05, 0.1) is 24.0 Å². The van der Waals surface area contributed by atoms with Crippen molar-refractivity contribution in [1.29, 1.82) is 0 Å². The molecule has 214 valence electrons. The number of hydrogen-bond acceptors (Lipinski definition) is 8. The van der Waals surface area contributed by atoms with E-state index in [1.165, 1.54) is 12.1 Å². The topological polar surface area (TPSA) is 103 Å². The van der Waals surface area contributed by atoms with Crippen molar-refractivity contribution < 1.29 is 23.4 Å². The lowest BCUT2D eigenvalue weighted by molar-refractivity contribution is 0.0240. The number of benzene rings is 1. The minimum Gasteiger partial charge on any atom is -0.494 e. The maximum atomic E-state index is 14.1. The fourth-order valence-electron chi connectivity index (χ4n) is 4.40. The van der Waals surface area contributed by atoms with Gasteiger partial charge < -0.3 is 29.7 Å². The molecule has 1 fully saturated rings. The van der Waals surface area contributed by atoms with Gasteiger partial charge in [-0.1, -0.05) is 23.2 Å². The van der Waals surface area contributed by atoms with E-state index in [-0.39, 0.29) is 27.7 Å². The summed E-state index contributed by atoms with van der Waals surface area (Å²) in [6.07, 6.45) is 3.94.